The first-order valence-electron chi connectivity index (χ1n) is 8.56. The molecule has 0 saturated carbocycles. The number of amides is 2. The van der Waals surface area contributed by atoms with Crippen LogP contribution in [0.2, 0.25) is 0 Å². The Morgan fingerprint density at radius 2 is 1.84 bits per heavy atom. The first-order chi connectivity index (χ1) is 12.1. The third-order valence-electron chi connectivity index (χ3n) is 4.83. The molecule has 2 aromatic carbocycles. The smallest absolute Gasteiger partial charge is 0.285 e. The third kappa shape index (κ3) is 2.43. The van der Waals surface area contributed by atoms with E-state index in [1.54, 1.807) is 0 Å². The third-order valence-corrected chi connectivity index (χ3v) is 4.83. The van der Waals surface area contributed by atoms with E-state index >= 15 is 0 Å². The van der Waals surface area contributed by atoms with Gasteiger partial charge in [0, 0.05) is 29.5 Å². The van der Waals surface area contributed by atoms with Gasteiger partial charge in [0.15, 0.2) is 0 Å². The van der Waals surface area contributed by atoms with Gasteiger partial charge in [-0.2, -0.15) is 0 Å². The molecule has 4 rings (SSSR count). The van der Waals surface area contributed by atoms with Gasteiger partial charge in [-0.05, 0) is 49.6 Å². The van der Waals surface area contributed by atoms with E-state index < -0.39 is 11.8 Å². The summed E-state index contributed by atoms with van der Waals surface area (Å²) in [4.78, 5) is 33.3. The van der Waals surface area contributed by atoms with Crippen LogP contribution in [0.4, 0.5) is 5.69 Å². The number of rotatable bonds is 4. The van der Waals surface area contributed by atoms with Crippen molar-refractivity contribution in [3.63, 3.8) is 0 Å². The molecule has 2 aromatic rings. The SMILES string of the molecule is C=CCON1C(=O)c2ccc(N3CCCC3)c3cc(C)cc(c23)C1=O. The van der Waals surface area contributed by atoms with Crippen LogP contribution in [-0.4, -0.2) is 36.6 Å². The fraction of sp³-hybridized carbons (Fsp3) is 0.300. The average molecular weight is 336 g/mol. The molecule has 25 heavy (non-hydrogen) atoms. The quantitative estimate of drug-likeness (QED) is 0.634. The lowest BCUT2D eigenvalue weighted by molar-refractivity contribution is -0.0842. The van der Waals surface area contributed by atoms with E-state index in [2.05, 4.69) is 17.5 Å². The highest BCUT2D eigenvalue weighted by atomic mass is 16.7. The molecule has 0 bridgehead atoms. The lowest BCUT2D eigenvalue weighted by atomic mass is 9.92. The van der Waals surface area contributed by atoms with Crippen molar-refractivity contribution in [1.29, 1.82) is 0 Å². The van der Waals surface area contributed by atoms with Crippen molar-refractivity contribution in [2.45, 2.75) is 19.8 Å². The highest BCUT2D eigenvalue weighted by molar-refractivity contribution is 6.26. The molecule has 1 saturated heterocycles. The molecule has 0 radical (unpaired) electrons. The van der Waals surface area contributed by atoms with Gasteiger partial charge in [0.2, 0.25) is 0 Å². The van der Waals surface area contributed by atoms with Crippen molar-refractivity contribution < 1.29 is 14.4 Å². The van der Waals surface area contributed by atoms with Crippen LogP contribution in [0.1, 0.15) is 39.1 Å². The molecular weight excluding hydrogens is 316 g/mol. The normalized spacial score (nSPS) is 16.8. The maximum absolute atomic E-state index is 12.8. The number of nitrogens with zero attached hydrogens (tertiary/aromatic N) is 2. The maximum Gasteiger partial charge on any atom is 0.285 e. The van der Waals surface area contributed by atoms with Gasteiger partial charge in [-0.1, -0.05) is 6.08 Å². The first kappa shape index (κ1) is 15.8. The second-order valence-electron chi connectivity index (χ2n) is 6.55. The van der Waals surface area contributed by atoms with Crippen LogP contribution in [0.15, 0.2) is 36.9 Å². The number of hydroxylamine groups is 2. The van der Waals surface area contributed by atoms with Crippen molar-refractivity contribution >= 4 is 28.3 Å². The van der Waals surface area contributed by atoms with Gasteiger partial charge in [0.25, 0.3) is 11.8 Å². The number of carbonyl (C=O) groups is 2. The van der Waals surface area contributed by atoms with Crippen LogP contribution in [0, 0.1) is 6.92 Å². The van der Waals surface area contributed by atoms with Crippen LogP contribution < -0.4 is 4.90 Å². The van der Waals surface area contributed by atoms with Gasteiger partial charge in [0.05, 0.1) is 17.7 Å². The molecule has 2 aliphatic rings. The molecule has 128 valence electrons. The van der Waals surface area contributed by atoms with E-state index in [9.17, 15) is 9.59 Å². The zero-order valence-electron chi connectivity index (χ0n) is 14.2. The van der Waals surface area contributed by atoms with Gasteiger partial charge in [-0.15, -0.1) is 11.6 Å². The first-order valence-corrected chi connectivity index (χ1v) is 8.56. The van der Waals surface area contributed by atoms with Gasteiger partial charge in [-0.25, -0.2) is 0 Å². The van der Waals surface area contributed by atoms with E-state index in [1.807, 2.05) is 25.1 Å². The maximum atomic E-state index is 12.8. The lowest BCUT2D eigenvalue weighted by Crippen LogP contribution is -2.40. The second-order valence-corrected chi connectivity index (χ2v) is 6.55. The topological polar surface area (TPSA) is 49.9 Å². The Morgan fingerprint density at radius 3 is 2.56 bits per heavy atom. The molecule has 5 nitrogen and oxygen atoms in total. The Bertz CT molecular complexity index is 897. The standard InChI is InChI=1S/C20H20N2O3/c1-3-10-25-22-19(23)14-6-7-17(21-8-4-5-9-21)15-11-13(2)12-16(18(14)15)20(22)24/h3,6-7,11-12H,1,4-5,8-10H2,2H3. The Morgan fingerprint density at radius 1 is 1.12 bits per heavy atom. The molecule has 0 spiro atoms. The number of benzene rings is 2. The fourth-order valence-corrected chi connectivity index (χ4v) is 3.75. The highest BCUT2D eigenvalue weighted by Gasteiger charge is 2.35. The molecule has 0 atom stereocenters. The molecule has 0 aromatic heterocycles. The average Bonchev–Trinajstić information content (AvgIpc) is 3.13. The summed E-state index contributed by atoms with van der Waals surface area (Å²) in [6.07, 6.45) is 3.85. The summed E-state index contributed by atoms with van der Waals surface area (Å²) < 4.78 is 0. The predicted molar refractivity (Wildman–Crippen MR) is 96.8 cm³/mol. The zero-order valence-corrected chi connectivity index (χ0v) is 14.2. The molecule has 2 amide bonds. The van der Waals surface area contributed by atoms with Gasteiger partial charge in [-0.3, -0.25) is 14.4 Å². The highest BCUT2D eigenvalue weighted by Crippen LogP contribution is 2.37. The van der Waals surface area contributed by atoms with E-state index in [0.29, 0.717) is 11.1 Å². The number of imide groups is 1. The summed E-state index contributed by atoms with van der Waals surface area (Å²) in [6.45, 7) is 7.66. The Kier molecular flexibility index (Phi) is 3.81. The molecular formula is C20H20N2O3. The summed E-state index contributed by atoms with van der Waals surface area (Å²) in [5.74, 6) is -0.826. The lowest BCUT2D eigenvalue weighted by Gasteiger charge is -2.28. The molecule has 0 aliphatic carbocycles. The molecule has 2 heterocycles. The molecule has 1 fully saturated rings. The minimum absolute atomic E-state index is 0.105. The largest absolute Gasteiger partial charge is 0.371 e. The Balaban J connectivity index is 1.93. The number of anilines is 1. The van der Waals surface area contributed by atoms with Gasteiger partial charge < -0.3 is 4.90 Å². The van der Waals surface area contributed by atoms with Crippen molar-refractivity contribution in [3.05, 3.63) is 53.6 Å². The van der Waals surface area contributed by atoms with Crippen LogP contribution in [-0.2, 0) is 4.84 Å². The molecule has 5 heteroatoms. The van der Waals surface area contributed by atoms with Crippen molar-refractivity contribution in [1.82, 2.24) is 5.06 Å². The van der Waals surface area contributed by atoms with Crippen LogP contribution >= 0.6 is 0 Å². The number of hydrogen-bond donors (Lipinski definition) is 0. The summed E-state index contributed by atoms with van der Waals surface area (Å²) in [5.41, 5.74) is 3.13. The second kappa shape index (κ2) is 6.01. The van der Waals surface area contributed by atoms with E-state index in [4.69, 9.17) is 4.84 Å². The molecule has 0 unspecified atom stereocenters. The van der Waals surface area contributed by atoms with Gasteiger partial charge >= 0.3 is 0 Å². The number of hydrogen-bond acceptors (Lipinski definition) is 4. The van der Waals surface area contributed by atoms with E-state index in [0.717, 1.165) is 40.2 Å². The Labute approximate surface area is 146 Å². The predicted octanol–water partition coefficient (Wildman–Crippen LogP) is 3.46. The molecule has 0 N–H and O–H groups in total. The number of carbonyl (C=O) groups excluding carboxylic acids is 2. The van der Waals surface area contributed by atoms with E-state index in [-0.39, 0.29) is 6.61 Å². The molecule has 2 aliphatic heterocycles. The van der Waals surface area contributed by atoms with Crippen LogP contribution in [0.25, 0.3) is 10.8 Å². The summed E-state index contributed by atoms with van der Waals surface area (Å²) in [7, 11) is 0. The minimum Gasteiger partial charge on any atom is -0.371 e. The van der Waals surface area contributed by atoms with Crippen molar-refractivity contribution in [2.24, 2.45) is 0 Å². The van der Waals surface area contributed by atoms with E-state index in [1.165, 1.54) is 18.9 Å². The van der Waals surface area contributed by atoms with Crippen LogP contribution in [0.5, 0.6) is 0 Å². The summed E-state index contributed by atoms with van der Waals surface area (Å²) in [6, 6.07) is 7.70. The number of aryl methyl sites for hydroxylation is 1. The fourth-order valence-electron chi connectivity index (χ4n) is 3.75. The Hall–Kier alpha value is -2.66. The van der Waals surface area contributed by atoms with Crippen molar-refractivity contribution in [2.75, 3.05) is 24.6 Å². The van der Waals surface area contributed by atoms with Crippen molar-refractivity contribution in [3.8, 4) is 0 Å². The van der Waals surface area contributed by atoms with Crippen LogP contribution in [0.3, 0.4) is 0 Å². The monoisotopic (exact) mass is 336 g/mol. The van der Waals surface area contributed by atoms with Gasteiger partial charge in [0.1, 0.15) is 0 Å². The summed E-state index contributed by atoms with van der Waals surface area (Å²) >= 11 is 0. The zero-order chi connectivity index (χ0) is 17.6. The minimum atomic E-state index is -0.416. The summed E-state index contributed by atoms with van der Waals surface area (Å²) in [5, 5.41) is 2.57.